The maximum atomic E-state index is 9.18. The minimum atomic E-state index is -0.662. The van der Waals surface area contributed by atoms with Crippen molar-refractivity contribution in [3.63, 3.8) is 0 Å². The van der Waals surface area contributed by atoms with Crippen molar-refractivity contribution in [3.05, 3.63) is 0 Å². The van der Waals surface area contributed by atoms with E-state index in [1.807, 2.05) is 0 Å². The summed E-state index contributed by atoms with van der Waals surface area (Å²) in [6.45, 7) is 4.15. The molecule has 0 amide bonds. The molecule has 6 nitrogen and oxygen atoms in total. The largest absolute Gasteiger partial charge is 0.396 e. The van der Waals surface area contributed by atoms with Gasteiger partial charge in [-0.25, -0.2) is 0 Å². The Balaban J connectivity index is 4.05. The van der Waals surface area contributed by atoms with E-state index in [-0.39, 0.29) is 19.8 Å². The second-order valence-corrected chi connectivity index (χ2v) is 4.05. The number of hydrogen-bond donors (Lipinski definition) is 3. The summed E-state index contributed by atoms with van der Waals surface area (Å²) in [4.78, 5) is 10.6. The lowest BCUT2D eigenvalue weighted by Gasteiger charge is -2.34. The Morgan fingerprint density at radius 1 is 0.938 bits per heavy atom. The molecule has 0 unspecified atom stereocenters. The molecule has 0 bridgehead atoms. The number of hydroxylamine groups is 2. The van der Waals surface area contributed by atoms with E-state index in [2.05, 4.69) is 0 Å². The Bertz CT molecular complexity index is 155. The van der Waals surface area contributed by atoms with Gasteiger partial charge in [-0.15, -0.1) is 0 Å². The lowest BCUT2D eigenvalue weighted by molar-refractivity contribution is -0.412. The van der Waals surface area contributed by atoms with Crippen molar-refractivity contribution in [2.24, 2.45) is 0 Å². The maximum absolute atomic E-state index is 9.18. The number of aliphatic hydroxyl groups excluding tert-OH is 3. The Morgan fingerprint density at radius 2 is 1.38 bits per heavy atom. The van der Waals surface area contributed by atoms with E-state index in [4.69, 9.17) is 19.9 Å². The molecule has 3 N–H and O–H groups in total. The molecular formula is C10H23NO5. The normalized spacial score (nSPS) is 12.4. The third-order valence-electron chi connectivity index (χ3n) is 1.90. The molecule has 0 aromatic heterocycles. The molecule has 0 atom stereocenters. The first-order valence-electron chi connectivity index (χ1n) is 5.47. The zero-order valence-electron chi connectivity index (χ0n) is 10.1. The van der Waals surface area contributed by atoms with E-state index < -0.39 is 5.54 Å². The predicted molar refractivity (Wildman–Crippen MR) is 58.3 cm³/mol. The molecule has 0 fully saturated rings. The molecule has 0 aliphatic heterocycles. The zero-order chi connectivity index (χ0) is 12.4. The summed E-state index contributed by atoms with van der Waals surface area (Å²) >= 11 is 0. The fourth-order valence-electron chi connectivity index (χ4n) is 0.869. The molecule has 0 aliphatic carbocycles. The molecule has 0 heterocycles. The van der Waals surface area contributed by atoms with Crippen LogP contribution in [0.4, 0.5) is 0 Å². The van der Waals surface area contributed by atoms with Gasteiger partial charge < -0.3 is 15.3 Å². The van der Waals surface area contributed by atoms with Gasteiger partial charge in [0.2, 0.25) is 0 Å². The molecule has 0 radical (unpaired) electrons. The first-order valence-corrected chi connectivity index (χ1v) is 5.47. The van der Waals surface area contributed by atoms with Crippen LogP contribution in [0.25, 0.3) is 0 Å². The average molecular weight is 237 g/mol. The van der Waals surface area contributed by atoms with Gasteiger partial charge in [0.15, 0.2) is 0 Å². The van der Waals surface area contributed by atoms with E-state index in [0.29, 0.717) is 26.1 Å². The molecule has 0 aromatic rings. The minimum absolute atomic E-state index is 0.0457. The quantitative estimate of drug-likeness (QED) is 0.357. The van der Waals surface area contributed by atoms with Gasteiger partial charge in [-0.3, -0.25) is 9.68 Å². The summed E-state index contributed by atoms with van der Waals surface area (Å²) < 4.78 is 0. The van der Waals surface area contributed by atoms with Gasteiger partial charge in [0.1, 0.15) is 0 Å². The van der Waals surface area contributed by atoms with Crippen LogP contribution >= 0.6 is 0 Å². The van der Waals surface area contributed by atoms with Crippen molar-refractivity contribution in [2.75, 3.05) is 33.0 Å². The lowest BCUT2D eigenvalue weighted by atomic mass is 10.1. The van der Waals surface area contributed by atoms with Gasteiger partial charge in [-0.05, 0) is 26.7 Å². The molecule has 0 aromatic carbocycles. The Hall–Kier alpha value is -0.240. The van der Waals surface area contributed by atoms with Gasteiger partial charge in [0.25, 0.3) is 0 Å². The summed E-state index contributed by atoms with van der Waals surface area (Å²) in [7, 11) is 0. The van der Waals surface area contributed by atoms with Gasteiger partial charge in [0.05, 0.1) is 25.4 Å². The van der Waals surface area contributed by atoms with Crippen LogP contribution in [0.3, 0.4) is 0 Å². The van der Waals surface area contributed by atoms with Crippen LogP contribution in [0.1, 0.15) is 26.7 Å². The predicted octanol–water partition coefficient (Wildman–Crippen LogP) is -0.313. The Labute approximate surface area is 96.3 Å². The van der Waals surface area contributed by atoms with Crippen molar-refractivity contribution in [1.29, 1.82) is 0 Å². The smallest absolute Gasteiger partial charge is 0.0910 e. The van der Waals surface area contributed by atoms with Gasteiger partial charge in [0, 0.05) is 13.2 Å². The van der Waals surface area contributed by atoms with E-state index in [9.17, 15) is 5.11 Å². The van der Waals surface area contributed by atoms with E-state index in [1.54, 1.807) is 13.8 Å². The number of hydrogen-bond acceptors (Lipinski definition) is 6. The summed E-state index contributed by atoms with van der Waals surface area (Å²) in [5, 5.41) is 27.7. The van der Waals surface area contributed by atoms with E-state index in [1.165, 1.54) is 5.23 Å². The van der Waals surface area contributed by atoms with Gasteiger partial charge >= 0.3 is 0 Å². The summed E-state index contributed by atoms with van der Waals surface area (Å²) in [5.41, 5.74) is -0.662. The topological polar surface area (TPSA) is 82.4 Å². The van der Waals surface area contributed by atoms with Crippen LogP contribution in [0, 0.1) is 0 Å². The molecule has 16 heavy (non-hydrogen) atoms. The van der Waals surface area contributed by atoms with Crippen LogP contribution in [-0.2, 0) is 9.68 Å². The van der Waals surface area contributed by atoms with Crippen molar-refractivity contribution < 1.29 is 25.0 Å². The lowest BCUT2D eigenvalue weighted by Crippen LogP contribution is -2.47. The molecule has 0 rings (SSSR count). The van der Waals surface area contributed by atoms with Crippen LogP contribution < -0.4 is 0 Å². The second-order valence-electron chi connectivity index (χ2n) is 4.05. The highest BCUT2D eigenvalue weighted by molar-refractivity contribution is 4.70. The zero-order valence-corrected chi connectivity index (χ0v) is 10.1. The third-order valence-corrected chi connectivity index (χ3v) is 1.90. The number of rotatable bonds is 10. The number of nitrogens with zero attached hydrogens (tertiary/aromatic N) is 1. The van der Waals surface area contributed by atoms with E-state index in [0.717, 1.165) is 0 Å². The van der Waals surface area contributed by atoms with Crippen LogP contribution in [0.15, 0.2) is 0 Å². The highest BCUT2D eigenvalue weighted by atomic mass is 17.0. The van der Waals surface area contributed by atoms with Crippen molar-refractivity contribution >= 4 is 0 Å². The molecule has 98 valence electrons. The van der Waals surface area contributed by atoms with Crippen LogP contribution in [0.5, 0.6) is 0 Å². The fourth-order valence-corrected chi connectivity index (χ4v) is 0.869. The monoisotopic (exact) mass is 237 g/mol. The van der Waals surface area contributed by atoms with Gasteiger partial charge in [-0.1, -0.05) is 5.23 Å². The summed E-state index contributed by atoms with van der Waals surface area (Å²) in [6.07, 6.45) is 1.00. The van der Waals surface area contributed by atoms with Gasteiger partial charge in [-0.2, -0.15) is 0 Å². The highest BCUT2D eigenvalue weighted by Crippen LogP contribution is 2.15. The van der Waals surface area contributed by atoms with Crippen LogP contribution in [0.2, 0.25) is 0 Å². The standard InChI is InChI=1S/C10H23NO5/c1-10(2,9-14)11(15-7-3-5-12)16-8-4-6-13/h12-14H,3-9H2,1-2H3. The van der Waals surface area contributed by atoms with Crippen molar-refractivity contribution in [3.8, 4) is 0 Å². The summed E-state index contributed by atoms with van der Waals surface area (Å²) in [5.74, 6) is 0. The SMILES string of the molecule is CC(C)(CO)N(OCCCO)OCCCO. The van der Waals surface area contributed by atoms with Crippen molar-refractivity contribution in [2.45, 2.75) is 32.2 Å². The number of aliphatic hydroxyl groups is 3. The minimum Gasteiger partial charge on any atom is -0.396 e. The third kappa shape index (κ3) is 6.37. The first-order chi connectivity index (χ1) is 7.58. The van der Waals surface area contributed by atoms with Crippen LogP contribution in [-0.4, -0.2) is 59.1 Å². The molecule has 0 aliphatic rings. The molecule has 0 spiro atoms. The Kier molecular flexibility index (Phi) is 8.73. The molecule has 0 saturated carbocycles. The molecular weight excluding hydrogens is 214 g/mol. The summed E-state index contributed by atoms with van der Waals surface area (Å²) in [6, 6.07) is 0. The molecule has 6 heteroatoms. The first kappa shape index (κ1) is 15.8. The fraction of sp³-hybridized carbons (Fsp3) is 1.00. The van der Waals surface area contributed by atoms with Crippen molar-refractivity contribution in [1.82, 2.24) is 5.23 Å². The highest BCUT2D eigenvalue weighted by Gasteiger charge is 2.28. The second kappa shape index (κ2) is 8.86. The molecule has 0 saturated heterocycles. The maximum Gasteiger partial charge on any atom is 0.0910 e. The van der Waals surface area contributed by atoms with E-state index >= 15 is 0 Å². The Morgan fingerprint density at radius 3 is 1.69 bits per heavy atom. The average Bonchev–Trinajstić information content (AvgIpc) is 2.27.